The Kier molecular flexibility index (Phi) is 6.31. The zero-order valence-corrected chi connectivity index (χ0v) is 13.6. The highest BCUT2D eigenvalue weighted by atomic mass is 35.5. The number of benzene rings is 1. The third-order valence-corrected chi connectivity index (χ3v) is 4.52. The summed E-state index contributed by atoms with van der Waals surface area (Å²) < 4.78 is 0. The van der Waals surface area contributed by atoms with Gasteiger partial charge in [0.05, 0.1) is 6.04 Å². The van der Waals surface area contributed by atoms with Crippen LogP contribution >= 0.6 is 11.6 Å². The van der Waals surface area contributed by atoms with E-state index >= 15 is 0 Å². The number of likely N-dealkylation sites (N-methyl/N-ethyl adjacent to an activating group) is 2. The van der Waals surface area contributed by atoms with Gasteiger partial charge in [-0.2, -0.15) is 0 Å². The van der Waals surface area contributed by atoms with Crippen molar-refractivity contribution in [2.75, 3.05) is 20.6 Å². The van der Waals surface area contributed by atoms with Crippen LogP contribution in [0.2, 0.25) is 5.02 Å². The lowest BCUT2D eigenvalue weighted by molar-refractivity contribution is 0.0889. The Morgan fingerprint density at radius 1 is 1.11 bits per heavy atom. The molecule has 0 fully saturated rings. The van der Waals surface area contributed by atoms with E-state index in [2.05, 4.69) is 57.2 Å². The Bertz CT molecular complexity index is 369. The van der Waals surface area contributed by atoms with Crippen LogP contribution in [-0.4, -0.2) is 31.1 Å². The molecular formula is C16H27ClN2. The summed E-state index contributed by atoms with van der Waals surface area (Å²) >= 11 is 6.01. The van der Waals surface area contributed by atoms with Gasteiger partial charge in [0, 0.05) is 10.6 Å². The zero-order chi connectivity index (χ0) is 14.5. The van der Waals surface area contributed by atoms with Gasteiger partial charge in [-0.15, -0.1) is 0 Å². The van der Waals surface area contributed by atoms with E-state index in [-0.39, 0.29) is 5.54 Å². The second kappa shape index (κ2) is 7.28. The molecule has 0 amide bonds. The molecule has 0 aliphatic heterocycles. The largest absolute Gasteiger partial charge is 0.309 e. The molecule has 0 aliphatic carbocycles. The van der Waals surface area contributed by atoms with Crippen LogP contribution in [0.3, 0.4) is 0 Å². The first-order valence-corrected chi connectivity index (χ1v) is 7.55. The number of hydrogen-bond donors (Lipinski definition) is 1. The smallest absolute Gasteiger partial charge is 0.0506 e. The minimum absolute atomic E-state index is 0.129. The summed E-state index contributed by atoms with van der Waals surface area (Å²) in [4.78, 5) is 2.36. The molecule has 3 heteroatoms. The maximum absolute atomic E-state index is 6.01. The quantitative estimate of drug-likeness (QED) is 0.810. The molecule has 0 saturated carbocycles. The van der Waals surface area contributed by atoms with Gasteiger partial charge in [-0.05, 0) is 51.2 Å². The topological polar surface area (TPSA) is 15.3 Å². The normalized spacial score (nSPS) is 13.8. The Morgan fingerprint density at radius 2 is 1.63 bits per heavy atom. The fraction of sp³-hybridized carbons (Fsp3) is 0.625. The van der Waals surface area contributed by atoms with Crippen molar-refractivity contribution < 1.29 is 0 Å². The van der Waals surface area contributed by atoms with E-state index in [9.17, 15) is 0 Å². The third kappa shape index (κ3) is 3.50. The molecule has 1 rings (SSSR count). The van der Waals surface area contributed by atoms with Crippen molar-refractivity contribution in [1.29, 1.82) is 0 Å². The van der Waals surface area contributed by atoms with E-state index in [4.69, 9.17) is 11.6 Å². The van der Waals surface area contributed by atoms with Gasteiger partial charge in [0.15, 0.2) is 0 Å². The van der Waals surface area contributed by atoms with Crippen LogP contribution in [0.5, 0.6) is 0 Å². The predicted octanol–water partition coefficient (Wildman–Crippen LogP) is 4.11. The monoisotopic (exact) mass is 282 g/mol. The van der Waals surface area contributed by atoms with Gasteiger partial charge in [0.25, 0.3) is 0 Å². The van der Waals surface area contributed by atoms with Gasteiger partial charge in [-0.3, -0.25) is 0 Å². The molecule has 1 aromatic rings. The summed E-state index contributed by atoms with van der Waals surface area (Å²) in [6.07, 6.45) is 2.22. The van der Waals surface area contributed by atoms with Crippen LogP contribution in [0.25, 0.3) is 0 Å². The van der Waals surface area contributed by atoms with Crippen LogP contribution in [-0.2, 0) is 0 Å². The zero-order valence-electron chi connectivity index (χ0n) is 12.8. The van der Waals surface area contributed by atoms with Crippen LogP contribution in [0.15, 0.2) is 24.3 Å². The van der Waals surface area contributed by atoms with Gasteiger partial charge in [0.2, 0.25) is 0 Å². The summed E-state index contributed by atoms with van der Waals surface area (Å²) in [5.41, 5.74) is 1.44. The van der Waals surface area contributed by atoms with E-state index in [1.807, 2.05) is 12.1 Å². The van der Waals surface area contributed by atoms with Gasteiger partial charge in [0.1, 0.15) is 0 Å². The van der Waals surface area contributed by atoms with Gasteiger partial charge >= 0.3 is 0 Å². The molecule has 0 aromatic heterocycles. The molecule has 0 spiro atoms. The average molecular weight is 283 g/mol. The minimum Gasteiger partial charge on any atom is -0.309 e. The maximum Gasteiger partial charge on any atom is 0.0506 e. The minimum atomic E-state index is 0.129. The molecule has 0 bridgehead atoms. The van der Waals surface area contributed by atoms with E-state index in [0.29, 0.717) is 6.04 Å². The van der Waals surface area contributed by atoms with E-state index in [0.717, 1.165) is 24.4 Å². The second-order valence-corrected chi connectivity index (χ2v) is 5.68. The van der Waals surface area contributed by atoms with Crippen LogP contribution in [0.1, 0.15) is 45.2 Å². The van der Waals surface area contributed by atoms with Crippen LogP contribution < -0.4 is 5.32 Å². The average Bonchev–Trinajstić information content (AvgIpc) is 2.40. The number of hydrogen-bond acceptors (Lipinski definition) is 2. The summed E-state index contributed by atoms with van der Waals surface area (Å²) in [6.45, 7) is 7.66. The Morgan fingerprint density at radius 3 is 2.00 bits per heavy atom. The highest BCUT2D eigenvalue weighted by Gasteiger charge is 2.38. The molecule has 0 heterocycles. The number of nitrogens with one attached hydrogen (secondary N) is 1. The van der Waals surface area contributed by atoms with Crippen molar-refractivity contribution in [3.63, 3.8) is 0 Å². The SMILES string of the molecule is CCNC(c1ccc(Cl)cc1)C(CC)(CC)N(C)C. The maximum atomic E-state index is 6.01. The summed E-state index contributed by atoms with van der Waals surface area (Å²) in [5.74, 6) is 0. The molecule has 0 aliphatic rings. The number of rotatable bonds is 7. The van der Waals surface area contributed by atoms with Crippen molar-refractivity contribution in [1.82, 2.24) is 10.2 Å². The lowest BCUT2D eigenvalue weighted by Crippen LogP contribution is -2.53. The van der Waals surface area contributed by atoms with Crippen LogP contribution in [0, 0.1) is 0 Å². The van der Waals surface area contributed by atoms with Crippen molar-refractivity contribution in [2.45, 2.75) is 45.2 Å². The molecule has 19 heavy (non-hydrogen) atoms. The molecule has 1 atom stereocenters. The first-order chi connectivity index (χ1) is 9.01. The molecule has 0 saturated heterocycles. The molecule has 0 radical (unpaired) electrons. The van der Waals surface area contributed by atoms with E-state index < -0.39 is 0 Å². The third-order valence-electron chi connectivity index (χ3n) is 4.26. The second-order valence-electron chi connectivity index (χ2n) is 5.25. The molecule has 1 aromatic carbocycles. The molecule has 2 nitrogen and oxygen atoms in total. The highest BCUT2D eigenvalue weighted by Crippen LogP contribution is 2.36. The number of nitrogens with zero attached hydrogens (tertiary/aromatic N) is 1. The fourth-order valence-corrected chi connectivity index (χ4v) is 3.15. The highest BCUT2D eigenvalue weighted by molar-refractivity contribution is 6.30. The molecular weight excluding hydrogens is 256 g/mol. The molecule has 108 valence electrons. The lowest BCUT2D eigenvalue weighted by atomic mass is 9.79. The van der Waals surface area contributed by atoms with Crippen molar-refractivity contribution >= 4 is 11.6 Å². The Hall–Kier alpha value is -0.570. The van der Waals surface area contributed by atoms with Gasteiger partial charge in [-0.25, -0.2) is 0 Å². The summed E-state index contributed by atoms with van der Waals surface area (Å²) in [6, 6.07) is 8.55. The summed E-state index contributed by atoms with van der Waals surface area (Å²) in [5, 5.41) is 4.45. The molecule has 1 N–H and O–H groups in total. The van der Waals surface area contributed by atoms with E-state index in [1.54, 1.807) is 0 Å². The van der Waals surface area contributed by atoms with Crippen molar-refractivity contribution in [2.24, 2.45) is 0 Å². The van der Waals surface area contributed by atoms with Crippen molar-refractivity contribution in [3.8, 4) is 0 Å². The lowest BCUT2D eigenvalue weighted by Gasteiger charge is -2.45. The Labute approximate surface area is 123 Å². The van der Waals surface area contributed by atoms with Gasteiger partial charge < -0.3 is 10.2 Å². The standard InChI is InChI=1S/C16H27ClN2/c1-6-16(7-2,19(4)5)15(18-8-3)13-9-11-14(17)12-10-13/h9-12,15,18H,6-8H2,1-5H3. The first-order valence-electron chi connectivity index (χ1n) is 7.18. The fourth-order valence-electron chi connectivity index (χ4n) is 3.03. The van der Waals surface area contributed by atoms with Crippen LogP contribution in [0.4, 0.5) is 0 Å². The van der Waals surface area contributed by atoms with E-state index in [1.165, 1.54) is 5.56 Å². The Balaban J connectivity index is 3.20. The molecule has 1 unspecified atom stereocenters. The number of halogens is 1. The summed E-state index contributed by atoms with van der Waals surface area (Å²) in [7, 11) is 4.35. The van der Waals surface area contributed by atoms with Crippen molar-refractivity contribution in [3.05, 3.63) is 34.9 Å². The van der Waals surface area contributed by atoms with Gasteiger partial charge in [-0.1, -0.05) is 44.5 Å². The first kappa shape index (κ1) is 16.5. The predicted molar refractivity (Wildman–Crippen MR) is 84.9 cm³/mol.